The number of likely N-dealkylation sites (N-methyl/N-ethyl adjacent to an activating group) is 1. The molecule has 1 aromatic rings. The van der Waals surface area contributed by atoms with Crippen LogP contribution >= 0.6 is 7.82 Å². The number of aromatic nitrogens is 2. The van der Waals surface area contributed by atoms with Crippen molar-refractivity contribution in [3.63, 3.8) is 0 Å². The van der Waals surface area contributed by atoms with Crippen molar-refractivity contribution in [2.24, 2.45) is 0 Å². The first-order valence-electron chi connectivity index (χ1n) is 15.5. The number of carbonyl (C=O) groups is 2. The van der Waals surface area contributed by atoms with Crippen LogP contribution in [0.5, 0.6) is 0 Å². The quantitative estimate of drug-likeness (QED) is 0.0509. The van der Waals surface area contributed by atoms with E-state index in [1.807, 2.05) is 21.1 Å². The van der Waals surface area contributed by atoms with E-state index in [0.717, 1.165) is 19.3 Å². The molecule has 44 heavy (non-hydrogen) atoms. The minimum Gasteiger partial charge on any atom is -0.459 e. The summed E-state index contributed by atoms with van der Waals surface area (Å²) in [4.78, 5) is 59.6. The van der Waals surface area contributed by atoms with Gasteiger partial charge in [-0.2, -0.15) is 4.39 Å². The summed E-state index contributed by atoms with van der Waals surface area (Å²) in [6.45, 7) is 0.823. The molecule has 0 aliphatic heterocycles. The van der Waals surface area contributed by atoms with Gasteiger partial charge in [-0.05, 0) is 6.42 Å². The van der Waals surface area contributed by atoms with Gasteiger partial charge < -0.3 is 18.9 Å². The highest BCUT2D eigenvalue weighted by atomic mass is 31.2. The maximum Gasteiger partial charge on any atom is 0.475 e. The first kappa shape index (κ1) is 39.6. The Morgan fingerprint density at radius 2 is 1.50 bits per heavy atom. The van der Waals surface area contributed by atoms with Crippen LogP contribution in [-0.4, -0.2) is 78.1 Å². The SMILES string of the molecule is CCCCCCCCCCCCCCCC(=O)OCC(OC(=O)Cn1cc(F)c(=O)[nH]c1=O)OP(=O)(O)OCC[N+](C)(C)C. The van der Waals surface area contributed by atoms with Gasteiger partial charge in [0.2, 0.25) is 12.1 Å². The lowest BCUT2D eigenvalue weighted by molar-refractivity contribution is -0.870. The van der Waals surface area contributed by atoms with Crippen LogP contribution in [0, 0.1) is 5.82 Å². The van der Waals surface area contributed by atoms with Crippen LogP contribution < -0.4 is 11.2 Å². The summed E-state index contributed by atoms with van der Waals surface area (Å²) in [5.41, 5.74) is -2.34. The van der Waals surface area contributed by atoms with Gasteiger partial charge in [0, 0.05) is 6.42 Å². The molecule has 2 atom stereocenters. The Morgan fingerprint density at radius 1 is 0.955 bits per heavy atom. The second kappa shape index (κ2) is 21.4. The fourth-order valence-corrected chi connectivity index (χ4v) is 4.91. The number of aromatic amines is 1. The molecule has 1 aromatic heterocycles. The van der Waals surface area contributed by atoms with E-state index >= 15 is 0 Å². The predicted molar refractivity (Wildman–Crippen MR) is 162 cm³/mol. The zero-order valence-corrected chi connectivity index (χ0v) is 27.6. The predicted octanol–water partition coefficient (Wildman–Crippen LogP) is 4.41. The molecule has 0 fully saturated rings. The van der Waals surface area contributed by atoms with Crippen LogP contribution in [0.4, 0.5) is 4.39 Å². The summed E-state index contributed by atoms with van der Waals surface area (Å²) in [6, 6.07) is 0. The largest absolute Gasteiger partial charge is 0.475 e. The molecule has 0 saturated heterocycles. The highest BCUT2D eigenvalue weighted by Crippen LogP contribution is 2.44. The van der Waals surface area contributed by atoms with E-state index in [2.05, 4.69) is 6.92 Å². The minimum atomic E-state index is -4.76. The Balaban J connectivity index is 2.51. The van der Waals surface area contributed by atoms with Gasteiger partial charge in [0.1, 0.15) is 19.7 Å². The van der Waals surface area contributed by atoms with Gasteiger partial charge in [0.15, 0.2) is 6.61 Å². The van der Waals surface area contributed by atoms with Crippen molar-refractivity contribution >= 4 is 19.8 Å². The number of halogens is 1. The number of esters is 2. The molecule has 1 rings (SSSR count). The molecule has 0 bridgehead atoms. The standard InChI is InChI=1S/C29H51FN3O10P/c1-5-6-7-8-9-10-11-12-13-14-15-16-17-18-25(34)40-23-27(43-44(38,39)41-20-19-33(2,3)4)42-26(35)22-32-21-24(30)28(36)31-29(32)37/h21,27H,5-20,22-23H2,1-4H3,(H-,31,36,37,38,39)/p+1. The van der Waals surface area contributed by atoms with E-state index in [9.17, 15) is 33.0 Å². The van der Waals surface area contributed by atoms with Crippen molar-refractivity contribution in [3.05, 3.63) is 32.9 Å². The average molecular weight is 653 g/mol. The average Bonchev–Trinajstić information content (AvgIpc) is 2.92. The van der Waals surface area contributed by atoms with E-state index in [1.54, 1.807) is 4.98 Å². The Morgan fingerprint density at radius 3 is 2.05 bits per heavy atom. The lowest BCUT2D eigenvalue weighted by Crippen LogP contribution is -2.37. The molecule has 2 unspecified atom stereocenters. The monoisotopic (exact) mass is 652 g/mol. The summed E-state index contributed by atoms with van der Waals surface area (Å²) < 4.78 is 47.0. The first-order valence-corrected chi connectivity index (χ1v) is 17.0. The molecule has 13 nitrogen and oxygen atoms in total. The van der Waals surface area contributed by atoms with Gasteiger partial charge in [-0.1, -0.05) is 84.0 Å². The third-order valence-corrected chi connectivity index (χ3v) is 7.67. The highest BCUT2D eigenvalue weighted by molar-refractivity contribution is 7.47. The van der Waals surface area contributed by atoms with Crippen molar-refractivity contribution in [3.8, 4) is 0 Å². The fourth-order valence-electron chi connectivity index (χ4n) is 4.14. The summed E-state index contributed by atoms with van der Waals surface area (Å²) in [5, 5.41) is 0. The lowest BCUT2D eigenvalue weighted by Gasteiger charge is -2.25. The lowest BCUT2D eigenvalue weighted by atomic mass is 10.0. The van der Waals surface area contributed by atoms with Crippen LogP contribution in [0.1, 0.15) is 96.8 Å². The van der Waals surface area contributed by atoms with Crippen LogP contribution in [-0.2, 0) is 39.2 Å². The van der Waals surface area contributed by atoms with Crippen molar-refractivity contribution in [1.82, 2.24) is 9.55 Å². The Labute approximate surface area is 259 Å². The van der Waals surface area contributed by atoms with Gasteiger partial charge in [0.05, 0.1) is 27.3 Å². The highest BCUT2D eigenvalue weighted by Gasteiger charge is 2.31. The summed E-state index contributed by atoms with van der Waals surface area (Å²) in [5.74, 6) is -3.12. The van der Waals surface area contributed by atoms with Gasteiger partial charge >= 0.3 is 25.5 Å². The fraction of sp³-hybridized carbons (Fsp3) is 0.793. The zero-order valence-electron chi connectivity index (χ0n) is 26.7. The number of carbonyl (C=O) groups excluding carboxylic acids is 2. The number of phosphoric ester groups is 1. The number of hydrogen-bond donors (Lipinski definition) is 2. The number of ether oxygens (including phenoxy) is 2. The molecule has 0 spiro atoms. The number of nitrogens with zero attached hydrogens (tertiary/aromatic N) is 2. The second-order valence-corrected chi connectivity index (χ2v) is 13.3. The number of H-pyrrole nitrogens is 1. The number of phosphoric acid groups is 1. The van der Waals surface area contributed by atoms with Crippen molar-refractivity contribution in [2.45, 2.75) is 110 Å². The van der Waals surface area contributed by atoms with E-state index in [4.69, 9.17) is 18.5 Å². The summed E-state index contributed by atoms with van der Waals surface area (Å²) >= 11 is 0. The molecule has 1 heterocycles. The van der Waals surface area contributed by atoms with E-state index in [-0.39, 0.29) is 13.0 Å². The van der Waals surface area contributed by atoms with E-state index < -0.39 is 56.3 Å². The maximum atomic E-state index is 13.6. The Bertz CT molecular complexity index is 1150. The van der Waals surface area contributed by atoms with Crippen molar-refractivity contribution < 1.29 is 46.4 Å². The molecule has 254 valence electrons. The number of hydrogen-bond acceptors (Lipinski definition) is 9. The Kier molecular flexibility index (Phi) is 19.3. The molecule has 0 aliphatic rings. The van der Waals surface area contributed by atoms with Gasteiger partial charge in [0.25, 0.3) is 5.56 Å². The van der Waals surface area contributed by atoms with Gasteiger partial charge in [-0.25, -0.2) is 13.9 Å². The van der Waals surface area contributed by atoms with Crippen LogP contribution in [0.25, 0.3) is 0 Å². The van der Waals surface area contributed by atoms with Crippen LogP contribution in [0.3, 0.4) is 0 Å². The zero-order chi connectivity index (χ0) is 33.0. The number of nitrogens with one attached hydrogen (secondary N) is 1. The molecule has 15 heteroatoms. The van der Waals surface area contributed by atoms with Crippen LogP contribution in [0.2, 0.25) is 0 Å². The maximum absolute atomic E-state index is 13.6. The van der Waals surface area contributed by atoms with E-state index in [0.29, 0.717) is 28.2 Å². The van der Waals surface area contributed by atoms with Gasteiger partial charge in [-0.3, -0.25) is 28.5 Å². The molecule has 0 amide bonds. The van der Waals surface area contributed by atoms with Crippen molar-refractivity contribution in [1.29, 1.82) is 0 Å². The number of quaternary nitrogens is 1. The van der Waals surface area contributed by atoms with Gasteiger partial charge in [-0.15, -0.1) is 0 Å². The summed E-state index contributed by atoms with van der Waals surface area (Å²) in [7, 11) is 0.765. The first-order chi connectivity index (χ1) is 20.7. The molecule has 0 radical (unpaired) electrons. The molecule has 0 saturated carbocycles. The third kappa shape index (κ3) is 19.8. The molecule has 2 N–H and O–H groups in total. The van der Waals surface area contributed by atoms with Crippen LogP contribution in [0.15, 0.2) is 15.8 Å². The normalized spacial score (nSPS) is 13.8. The smallest absolute Gasteiger partial charge is 0.459 e. The second-order valence-electron chi connectivity index (χ2n) is 11.9. The summed E-state index contributed by atoms with van der Waals surface area (Å²) in [6.07, 6.45) is 13.7. The molecule has 0 aliphatic carbocycles. The van der Waals surface area contributed by atoms with Crippen molar-refractivity contribution in [2.75, 3.05) is 40.9 Å². The molecular formula is C29H52FN3O10P+. The minimum absolute atomic E-state index is 0.0985. The third-order valence-electron chi connectivity index (χ3n) is 6.66. The van der Waals surface area contributed by atoms with E-state index in [1.165, 1.54) is 57.8 Å². The molecular weight excluding hydrogens is 600 g/mol. The molecule has 0 aromatic carbocycles. The topological polar surface area (TPSA) is 163 Å². The Hall–Kier alpha value is -2.38. The number of unbranched alkanes of at least 4 members (excludes halogenated alkanes) is 12. The number of rotatable bonds is 25.